The van der Waals surface area contributed by atoms with Gasteiger partial charge < -0.3 is 14.6 Å². The van der Waals surface area contributed by atoms with Gasteiger partial charge in [0.1, 0.15) is 5.76 Å². The predicted octanol–water partition coefficient (Wildman–Crippen LogP) is 3.50. The Bertz CT molecular complexity index is 761. The molecule has 1 N–H and O–H groups in total. The molecule has 6 nitrogen and oxygen atoms in total. The van der Waals surface area contributed by atoms with E-state index in [0.717, 1.165) is 57.8 Å². The van der Waals surface area contributed by atoms with Crippen LogP contribution in [0.5, 0.6) is 0 Å². The number of ketones is 3. The van der Waals surface area contributed by atoms with Crippen LogP contribution in [-0.2, 0) is 23.9 Å². The zero-order chi connectivity index (χ0) is 20.3. The van der Waals surface area contributed by atoms with Crippen molar-refractivity contribution in [2.24, 2.45) is 10.8 Å². The van der Waals surface area contributed by atoms with E-state index in [2.05, 4.69) is 0 Å². The number of ether oxygens (including phenoxy) is 2. The predicted molar refractivity (Wildman–Crippen MR) is 102 cm³/mol. The first-order valence-electron chi connectivity index (χ1n) is 11.2. The van der Waals surface area contributed by atoms with Crippen molar-refractivity contribution in [1.29, 1.82) is 0 Å². The van der Waals surface area contributed by atoms with Crippen LogP contribution >= 0.6 is 0 Å². The Balaban J connectivity index is 1.36. The number of rotatable bonds is 1. The van der Waals surface area contributed by atoms with Crippen molar-refractivity contribution in [3.05, 3.63) is 11.5 Å². The Morgan fingerprint density at radius 3 is 1.76 bits per heavy atom. The molecule has 2 spiro atoms. The molecule has 1 unspecified atom stereocenters. The molecule has 0 saturated heterocycles. The van der Waals surface area contributed by atoms with Crippen molar-refractivity contribution >= 4 is 17.3 Å². The van der Waals surface area contributed by atoms with E-state index >= 15 is 0 Å². The zero-order valence-electron chi connectivity index (χ0n) is 17.0. The van der Waals surface area contributed by atoms with Gasteiger partial charge in [-0.2, -0.15) is 0 Å². The van der Waals surface area contributed by atoms with Gasteiger partial charge in [0.05, 0.1) is 0 Å². The summed E-state index contributed by atoms with van der Waals surface area (Å²) >= 11 is 0. The van der Waals surface area contributed by atoms with Crippen molar-refractivity contribution in [1.82, 2.24) is 0 Å². The largest absolute Gasteiger partial charge is 0.451 e. The van der Waals surface area contributed by atoms with E-state index in [9.17, 15) is 19.5 Å². The minimum atomic E-state index is -2.31. The van der Waals surface area contributed by atoms with Crippen LogP contribution in [0.2, 0.25) is 0 Å². The molecule has 1 aliphatic heterocycles. The molecule has 3 saturated carbocycles. The molecule has 3 fully saturated rings. The lowest BCUT2D eigenvalue weighted by atomic mass is 9.61. The number of carbonyl (C=O) groups excluding carboxylic acids is 3. The quantitative estimate of drug-likeness (QED) is 0.675. The Hall–Kier alpha value is -1.69. The van der Waals surface area contributed by atoms with E-state index in [-0.39, 0.29) is 35.2 Å². The van der Waals surface area contributed by atoms with Gasteiger partial charge in [0.15, 0.2) is 11.6 Å². The SMILES string of the molecule is O=C1CC2(CCCCC2)CC2=C1OC(C1(O)C(=O)CC3(CCCCC3)CC1=O)O2. The van der Waals surface area contributed by atoms with Crippen LogP contribution in [0.25, 0.3) is 0 Å². The standard InChI is InChI=1S/C23H30O6/c24-15-11-21(7-3-1-4-8-21)12-16-19(15)29-20(28-16)23(27)17(25)13-22(14-18(23)26)9-5-2-6-10-22/h20,27H,1-14H2. The van der Waals surface area contributed by atoms with Gasteiger partial charge in [-0.25, -0.2) is 0 Å². The fraction of sp³-hybridized carbons (Fsp3) is 0.783. The highest BCUT2D eigenvalue weighted by molar-refractivity contribution is 6.13. The molecule has 0 aromatic heterocycles. The molecule has 158 valence electrons. The highest BCUT2D eigenvalue weighted by Gasteiger charge is 2.62. The molecule has 0 amide bonds. The minimum Gasteiger partial charge on any atom is -0.451 e. The van der Waals surface area contributed by atoms with Crippen molar-refractivity contribution in [2.45, 2.75) is 102 Å². The summed E-state index contributed by atoms with van der Waals surface area (Å²) < 4.78 is 11.6. The smallest absolute Gasteiger partial charge is 0.284 e. The number of Topliss-reactive ketones (excluding diaryl/α,β-unsaturated/α-hetero) is 3. The van der Waals surface area contributed by atoms with Gasteiger partial charge in [0.25, 0.3) is 11.9 Å². The third-order valence-electron chi connectivity index (χ3n) is 8.14. The second-order valence-electron chi connectivity index (χ2n) is 10.2. The molecule has 5 rings (SSSR count). The maximum Gasteiger partial charge on any atom is 0.284 e. The molecule has 1 heterocycles. The van der Waals surface area contributed by atoms with E-state index in [1.807, 2.05) is 0 Å². The van der Waals surface area contributed by atoms with Crippen LogP contribution in [0.1, 0.15) is 89.9 Å². The molecule has 29 heavy (non-hydrogen) atoms. The summed E-state index contributed by atoms with van der Waals surface area (Å²) in [6.07, 6.45) is 10.2. The maximum atomic E-state index is 13.0. The van der Waals surface area contributed by atoms with E-state index in [0.29, 0.717) is 18.6 Å². The molecular formula is C23H30O6. The molecule has 1 atom stereocenters. The van der Waals surface area contributed by atoms with E-state index in [4.69, 9.17) is 9.47 Å². The summed E-state index contributed by atoms with van der Waals surface area (Å²) in [6.45, 7) is 0. The molecule has 0 radical (unpaired) electrons. The van der Waals surface area contributed by atoms with Crippen LogP contribution in [0.4, 0.5) is 0 Å². The summed E-state index contributed by atoms with van der Waals surface area (Å²) in [6, 6.07) is 0. The van der Waals surface area contributed by atoms with Gasteiger partial charge >= 0.3 is 0 Å². The van der Waals surface area contributed by atoms with Crippen LogP contribution in [-0.4, -0.2) is 34.3 Å². The van der Waals surface area contributed by atoms with Crippen molar-refractivity contribution in [2.75, 3.05) is 0 Å². The van der Waals surface area contributed by atoms with Crippen LogP contribution in [0, 0.1) is 10.8 Å². The normalized spacial score (nSPS) is 32.9. The Kier molecular flexibility index (Phi) is 4.43. The van der Waals surface area contributed by atoms with Crippen LogP contribution < -0.4 is 0 Å². The third kappa shape index (κ3) is 2.97. The van der Waals surface area contributed by atoms with Gasteiger partial charge in [-0.05, 0) is 36.5 Å². The first-order valence-corrected chi connectivity index (χ1v) is 11.2. The Labute approximate surface area is 171 Å². The third-order valence-corrected chi connectivity index (χ3v) is 8.14. The molecule has 0 aromatic carbocycles. The fourth-order valence-corrected chi connectivity index (χ4v) is 6.46. The van der Waals surface area contributed by atoms with Crippen molar-refractivity contribution in [3.8, 4) is 0 Å². The molecule has 5 aliphatic rings. The lowest BCUT2D eigenvalue weighted by Crippen LogP contribution is -2.62. The molecule has 4 aliphatic carbocycles. The summed E-state index contributed by atoms with van der Waals surface area (Å²) in [4.78, 5) is 38.8. The van der Waals surface area contributed by atoms with Gasteiger partial charge in [-0.3, -0.25) is 14.4 Å². The van der Waals surface area contributed by atoms with Crippen molar-refractivity contribution in [3.63, 3.8) is 0 Å². The first-order chi connectivity index (χ1) is 13.9. The highest BCUT2D eigenvalue weighted by atomic mass is 16.7. The monoisotopic (exact) mass is 402 g/mol. The molecule has 0 aromatic rings. The second-order valence-corrected chi connectivity index (χ2v) is 10.2. The second kappa shape index (κ2) is 6.66. The minimum absolute atomic E-state index is 0.0955. The summed E-state index contributed by atoms with van der Waals surface area (Å²) in [5.41, 5.74) is -2.71. The number of carbonyl (C=O) groups is 3. The fourth-order valence-electron chi connectivity index (χ4n) is 6.46. The van der Waals surface area contributed by atoms with E-state index in [1.165, 1.54) is 6.42 Å². The first kappa shape index (κ1) is 19.3. The lowest BCUT2D eigenvalue weighted by molar-refractivity contribution is -0.200. The molecule has 0 bridgehead atoms. The number of allylic oxidation sites excluding steroid dienone is 2. The highest BCUT2D eigenvalue weighted by Crippen LogP contribution is 2.53. The zero-order valence-corrected chi connectivity index (χ0v) is 17.0. The average molecular weight is 402 g/mol. The summed E-state index contributed by atoms with van der Waals surface area (Å²) in [7, 11) is 0. The molecular weight excluding hydrogens is 372 g/mol. The van der Waals surface area contributed by atoms with Gasteiger partial charge in [-0.1, -0.05) is 38.5 Å². The van der Waals surface area contributed by atoms with E-state index < -0.39 is 23.5 Å². The Morgan fingerprint density at radius 2 is 1.21 bits per heavy atom. The summed E-state index contributed by atoms with van der Waals surface area (Å²) in [5.74, 6) is -0.599. The topological polar surface area (TPSA) is 89.9 Å². The Morgan fingerprint density at radius 1 is 0.690 bits per heavy atom. The molecule has 6 heteroatoms. The maximum absolute atomic E-state index is 13.0. The van der Waals surface area contributed by atoms with Crippen molar-refractivity contribution < 1.29 is 29.0 Å². The summed E-state index contributed by atoms with van der Waals surface area (Å²) in [5, 5.41) is 11.2. The van der Waals surface area contributed by atoms with Gasteiger partial charge in [0.2, 0.25) is 11.5 Å². The lowest BCUT2D eigenvalue weighted by Gasteiger charge is -2.44. The van der Waals surface area contributed by atoms with Gasteiger partial charge in [0, 0.05) is 25.7 Å². The number of hydrogen-bond acceptors (Lipinski definition) is 6. The number of aliphatic hydroxyl groups is 1. The average Bonchev–Trinajstić information content (AvgIpc) is 3.12. The number of hydrogen-bond donors (Lipinski definition) is 1. The van der Waals surface area contributed by atoms with Crippen LogP contribution in [0.15, 0.2) is 11.5 Å². The van der Waals surface area contributed by atoms with E-state index in [1.54, 1.807) is 0 Å². The van der Waals surface area contributed by atoms with Gasteiger partial charge in [-0.15, -0.1) is 0 Å². The van der Waals surface area contributed by atoms with Crippen LogP contribution in [0.3, 0.4) is 0 Å².